The SMILES string of the molecule is Cc1cccc(CN2CCN(CC(=O)NC3(C#N)CCCCCC3)CC2)c1. The number of carbonyl (C=O) groups is 1. The average molecular weight is 369 g/mol. The van der Waals surface area contributed by atoms with E-state index in [1.54, 1.807) is 0 Å². The van der Waals surface area contributed by atoms with Crippen LogP contribution in [0.25, 0.3) is 0 Å². The van der Waals surface area contributed by atoms with Crippen molar-refractivity contribution in [2.24, 2.45) is 0 Å². The van der Waals surface area contributed by atoms with E-state index in [1.165, 1.54) is 24.0 Å². The molecule has 1 amide bonds. The molecular weight excluding hydrogens is 336 g/mol. The van der Waals surface area contributed by atoms with Crippen LogP contribution in [0.1, 0.15) is 49.7 Å². The first kappa shape index (κ1) is 19.9. The molecule has 2 aliphatic rings. The smallest absolute Gasteiger partial charge is 0.235 e. The average Bonchev–Trinajstić information content (AvgIpc) is 2.89. The van der Waals surface area contributed by atoms with Gasteiger partial charge in [0.25, 0.3) is 0 Å². The van der Waals surface area contributed by atoms with Gasteiger partial charge in [-0.05, 0) is 25.3 Å². The van der Waals surface area contributed by atoms with Crippen molar-refractivity contribution in [1.82, 2.24) is 15.1 Å². The number of amides is 1. The van der Waals surface area contributed by atoms with Gasteiger partial charge >= 0.3 is 0 Å². The standard InChI is InChI=1S/C22H32N4O/c1-19-7-6-8-20(15-19)16-25-11-13-26(14-12-25)17-21(27)24-22(18-23)9-4-2-3-5-10-22/h6-8,15H,2-5,9-14,16-17H2,1H3,(H,24,27). The summed E-state index contributed by atoms with van der Waals surface area (Å²) >= 11 is 0. The van der Waals surface area contributed by atoms with E-state index >= 15 is 0 Å². The number of hydrogen-bond donors (Lipinski definition) is 1. The maximum atomic E-state index is 12.5. The van der Waals surface area contributed by atoms with Gasteiger partial charge in [-0.1, -0.05) is 55.5 Å². The van der Waals surface area contributed by atoms with E-state index < -0.39 is 5.54 Å². The molecule has 0 spiro atoms. The van der Waals surface area contributed by atoms with Gasteiger partial charge in [0.2, 0.25) is 5.91 Å². The normalized spacial score (nSPS) is 21.2. The fraction of sp³-hybridized carbons (Fsp3) is 0.636. The Morgan fingerprint density at radius 1 is 1.11 bits per heavy atom. The predicted molar refractivity (Wildman–Crippen MR) is 107 cm³/mol. The van der Waals surface area contributed by atoms with Gasteiger partial charge in [-0.25, -0.2) is 0 Å². The first-order valence-electron chi connectivity index (χ1n) is 10.3. The third-order valence-electron chi connectivity index (χ3n) is 5.87. The molecule has 1 aliphatic carbocycles. The molecule has 1 heterocycles. The zero-order valence-corrected chi connectivity index (χ0v) is 16.5. The molecule has 0 radical (unpaired) electrons. The van der Waals surface area contributed by atoms with E-state index in [2.05, 4.69) is 52.4 Å². The second-order valence-electron chi connectivity index (χ2n) is 8.20. The van der Waals surface area contributed by atoms with Crippen LogP contribution in [0.4, 0.5) is 0 Å². The molecule has 2 fully saturated rings. The lowest BCUT2D eigenvalue weighted by Crippen LogP contribution is -2.53. The Balaban J connectivity index is 1.44. The molecule has 1 saturated heterocycles. The first-order chi connectivity index (χ1) is 13.1. The van der Waals surface area contributed by atoms with Gasteiger partial charge in [-0.15, -0.1) is 0 Å². The van der Waals surface area contributed by atoms with E-state index in [-0.39, 0.29) is 5.91 Å². The van der Waals surface area contributed by atoms with Crippen LogP contribution >= 0.6 is 0 Å². The fourth-order valence-electron chi connectivity index (χ4n) is 4.28. The summed E-state index contributed by atoms with van der Waals surface area (Å²) in [5.41, 5.74) is 2.01. The number of carbonyl (C=O) groups excluding carboxylic acids is 1. The van der Waals surface area contributed by atoms with Crippen molar-refractivity contribution in [2.45, 2.75) is 57.5 Å². The van der Waals surface area contributed by atoms with Crippen molar-refractivity contribution in [3.05, 3.63) is 35.4 Å². The summed E-state index contributed by atoms with van der Waals surface area (Å²) in [5.74, 6) is 0.00517. The summed E-state index contributed by atoms with van der Waals surface area (Å²) in [5, 5.41) is 12.7. The molecule has 5 nitrogen and oxygen atoms in total. The molecule has 0 unspecified atom stereocenters. The van der Waals surface area contributed by atoms with Crippen LogP contribution in [0.2, 0.25) is 0 Å². The molecular formula is C22H32N4O. The highest BCUT2D eigenvalue weighted by atomic mass is 16.2. The number of piperazine rings is 1. The van der Waals surface area contributed by atoms with Gasteiger partial charge in [0.1, 0.15) is 5.54 Å². The Morgan fingerprint density at radius 2 is 1.78 bits per heavy atom. The topological polar surface area (TPSA) is 59.4 Å². The molecule has 0 atom stereocenters. The number of hydrogen-bond acceptors (Lipinski definition) is 4. The molecule has 1 N–H and O–H groups in total. The van der Waals surface area contributed by atoms with Crippen molar-refractivity contribution in [2.75, 3.05) is 32.7 Å². The lowest BCUT2D eigenvalue weighted by molar-refractivity contribution is -0.124. The van der Waals surface area contributed by atoms with Crippen LogP contribution in [-0.2, 0) is 11.3 Å². The Labute approximate surface area is 163 Å². The highest BCUT2D eigenvalue weighted by molar-refractivity contribution is 5.79. The molecule has 0 aromatic heterocycles. The molecule has 1 aliphatic heterocycles. The second-order valence-corrected chi connectivity index (χ2v) is 8.20. The van der Waals surface area contributed by atoms with Gasteiger partial charge in [0, 0.05) is 32.7 Å². The summed E-state index contributed by atoms with van der Waals surface area (Å²) in [7, 11) is 0. The molecule has 27 heavy (non-hydrogen) atoms. The Kier molecular flexibility index (Phi) is 6.87. The summed E-state index contributed by atoms with van der Waals surface area (Å²) < 4.78 is 0. The highest BCUT2D eigenvalue weighted by Gasteiger charge is 2.33. The molecule has 1 saturated carbocycles. The van der Waals surface area contributed by atoms with Crippen LogP contribution in [-0.4, -0.2) is 54.0 Å². The first-order valence-corrected chi connectivity index (χ1v) is 10.3. The molecule has 0 bridgehead atoms. The lowest BCUT2D eigenvalue weighted by Gasteiger charge is -2.35. The summed E-state index contributed by atoms with van der Waals surface area (Å²) in [6.45, 7) is 7.26. The van der Waals surface area contributed by atoms with Crippen molar-refractivity contribution >= 4 is 5.91 Å². The van der Waals surface area contributed by atoms with Crippen molar-refractivity contribution < 1.29 is 4.79 Å². The van der Waals surface area contributed by atoms with Gasteiger partial charge in [0.05, 0.1) is 12.6 Å². The number of nitrogens with zero attached hydrogens (tertiary/aromatic N) is 3. The van der Waals surface area contributed by atoms with Gasteiger partial charge in [-0.3, -0.25) is 14.6 Å². The Bertz CT molecular complexity index is 665. The summed E-state index contributed by atoms with van der Waals surface area (Å²) in [6, 6.07) is 11.1. The van der Waals surface area contributed by atoms with Crippen molar-refractivity contribution in [3.8, 4) is 6.07 Å². The maximum Gasteiger partial charge on any atom is 0.235 e. The second kappa shape index (κ2) is 9.34. The number of benzene rings is 1. The quantitative estimate of drug-likeness (QED) is 0.812. The molecule has 5 heteroatoms. The number of aryl methyl sites for hydroxylation is 1. The zero-order chi connectivity index (χ0) is 19.1. The van der Waals surface area contributed by atoms with Gasteiger partial charge < -0.3 is 5.32 Å². The molecule has 1 aromatic carbocycles. The zero-order valence-electron chi connectivity index (χ0n) is 16.5. The van der Waals surface area contributed by atoms with E-state index in [0.29, 0.717) is 6.54 Å². The Hall–Kier alpha value is -1.90. The number of rotatable bonds is 5. The Morgan fingerprint density at radius 3 is 2.41 bits per heavy atom. The third kappa shape index (κ3) is 5.79. The lowest BCUT2D eigenvalue weighted by atomic mass is 9.92. The van der Waals surface area contributed by atoms with Crippen molar-refractivity contribution in [1.29, 1.82) is 5.26 Å². The van der Waals surface area contributed by atoms with E-state index in [9.17, 15) is 10.1 Å². The third-order valence-corrected chi connectivity index (χ3v) is 5.87. The van der Waals surface area contributed by atoms with Crippen LogP contribution in [0.5, 0.6) is 0 Å². The summed E-state index contributed by atoms with van der Waals surface area (Å²) in [6.07, 6.45) is 5.99. The van der Waals surface area contributed by atoms with Crippen LogP contribution in [0.15, 0.2) is 24.3 Å². The molecule has 1 aromatic rings. The van der Waals surface area contributed by atoms with E-state index in [0.717, 1.165) is 58.4 Å². The summed E-state index contributed by atoms with van der Waals surface area (Å²) in [4.78, 5) is 17.2. The van der Waals surface area contributed by atoms with Gasteiger partial charge in [-0.2, -0.15) is 5.26 Å². The fourth-order valence-corrected chi connectivity index (χ4v) is 4.28. The minimum Gasteiger partial charge on any atom is -0.337 e. The number of nitrogens with one attached hydrogen (secondary N) is 1. The maximum absolute atomic E-state index is 12.5. The van der Waals surface area contributed by atoms with Crippen LogP contribution in [0.3, 0.4) is 0 Å². The van der Waals surface area contributed by atoms with E-state index in [4.69, 9.17) is 0 Å². The highest BCUT2D eigenvalue weighted by Crippen LogP contribution is 2.26. The van der Waals surface area contributed by atoms with Crippen LogP contribution < -0.4 is 5.32 Å². The molecule has 146 valence electrons. The van der Waals surface area contributed by atoms with Crippen LogP contribution in [0, 0.1) is 18.3 Å². The molecule has 3 rings (SSSR count). The largest absolute Gasteiger partial charge is 0.337 e. The number of nitriles is 1. The van der Waals surface area contributed by atoms with E-state index in [1.807, 2.05) is 0 Å². The minimum atomic E-state index is -0.638. The predicted octanol–water partition coefficient (Wildman–Crippen LogP) is 2.85. The van der Waals surface area contributed by atoms with Crippen molar-refractivity contribution in [3.63, 3.8) is 0 Å². The monoisotopic (exact) mass is 368 g/mol. The van der Waals surface area contributed by atoms with Gasteiger partial charge in [0.15, 0.2) is 0 Å². The minimum absolute atomic E-state index is 0.00517.